The number of rotatable bonds is 5. The molecule has 0 radical (unpaired) electrons. The molecule has 30 heavy (non-hydrogen) atoms. The molecule has 0 saturated heterocycles. The second kappa shape index (κ2) is 7.26. The van der Waals surface area contributed by atoms with Crippen LogP contribution in [0.15, 0.2) is 67.3 Å². The SMILES string of the molecule is Cc1cc(C(=O)Nc2cc([C@H]3C[C@@H]3C)nn2-c2ccccc2)ccc1-n1cncn1. The number of anilines is 1. The average Bonchev–Trinajstić information content (AvgIpc) is 3.13. The molecule has 2 aromatic carbocycles. The Morgan fingerprint density at radius 3 is 2.60 bits per heavy atom. The molecule has 1 N–H and O–H groups in total. The normalized spacial score (nSPS) is 17.7. The monoisotopic (exact) mass is 398 g/mol. The maximum Gasteiger partial charge on any atom is 0.256 e. The van der Waals surface area contributed by atoms with E-state index in [1.807, 2.05) is 60.1 Å². The molecule has 1 aliphatic rings. The largest absolute Gasteiger partial charge is 0.306 e. The van der Waals surface area contributed by atoms with E-state index in [1.54, 1.807) is 17.1 Å². The van der Waals surface area contributed by atoms with E-state index in [2.05, 4.69) is 22.3 Å². The maximum atomic E-state index is 13.0. The van der Waals surface area contributed by atoms with Gasteiger partial charge in [0, 0.05) is 17.5 Å². The van der Waals surface area contributed by atoms with Gasteiger partial charge in [0.15, 0.2) is 0 Å². The third kappa shape index (κ3) is 3.39. The van der Waals surface area contributed by atoms with E-state index in [1.165, 1.54) is 6.33 Å². The summed E-state index contributed by atoms with van der Waals surface area (Å²) >= 11 is 0. The Morgan fingerprint density at radius 1 is 1.13 bits per heavy atom. The lowest BCUT2D eigenvalue weighted by Crippen LogP contribution is -2.15. The molecule has 1 amide bonds. The van der Waals surface area contributed by atoms with Gasteiger partial charge in [-0.05, 0) is 55.2 Å². The number of aryl methyl sites for hydroxylation is 1. The van der Waals surface area contributed by atoms with Crippen LogP contribution in [0.1, 0.15) is 40.9 Å². The fourth-order valence-electron chi connectivity index (χ4n) is 3.74. The first-order valence-corrected chi connectivity index (χ1v) is 10.0. The lowest BCUT2D eigenvalue weighted by Gasteiger charge is -2.11. The van der Waals surface area contributed by atoms with Crippen LogP contribution in [-0.4, -0.2) is 30.5 Å². The van der Waals surface area contributed by atoms with E-state index in [4.69, 9.17) is 5.10 Å². The highest BCUT2D eigenvalue weighted by Gasteiger charge is 2.36. The number of carbonyl (C=O) groups is 1. The molecule has 0 unspecified atom stereocenters. The van der Waals surface area contributed by atoms with Crippen molar-refractivity contribution in [3.63, 3.8) is 0 Å². The molecule has 2 heterocycles. The van der Waals surface area contributed by atoms with Gasteiger partial charge in [0.25, 0.3) is 5.91 Å². The smallest absolute Gasteiger partial charge is 0.256 e. The van der Waals surface area contributed by atoms with Crippen molar-refractivity contribution in [2.75, 3.05) is 5.32 Å². The van der Waals surface area contributed by atoms with E-state index in [0.29, 0.717) is 23.2 Å². The van der Waals surface area contributed by atoms with Crippen molar-refractivity contribution >= 4 is 11.7 Å². The molecule has 0 spiro atoms. The average molecular weight is 398 g/mol. The quantitative estimate of drug-likeness (QED) is 0.548. The first-order chi connectivity index (χ1) is 14.6. The number of nitrogens with zero attached hydrogens (tertiary/aromatic N) is 5. The molecule has 1 fully saturated rings. The van der Waals surface area contributed by atoms with E-state index >= 15 is 0 Å². The zero-order valence-electron chi connectivity index (χ0n) is 16.9. The Kier molecular flexibility index (Phi) is 4.43. The molecule has 7 nitrogen and oxygen atoms in total. The Morgan fingerprint density at radius 2 is 1.93 bits per heavy atom. The van der Waals surface area contributed by atoms with Gasteiger partial charge in [-0.1, -0.05) is 25.1 Å². The Labute approximate surface area is 174 Å². The van der Waals surface area contributed by atoms with Gasteiger partial charge >= 0.3 is 0 Å². The van der Waals surface area contributed by atoms with Crippen molar-refractivity contribution in [3.05, 3.63) is 84.1 Å². The zero-order valence-corrected chi connectivity index (χ0v) is 16.9. The van der Waals surface area contributed by atoms with Gasteiger partial charge in [0.05, 0.1) is 17.1 Å². The van der Waals surface area contributed by atoms with Crippen molar-refractivity contribution in [1.82, 2.24) is 24.5 Å². The molecule has 0 aliphatic heterocycles. The zero-order chi connectivity index (χ0) is 20.7. The van der Waals surface area contributed by atoms with Gasteiger partial charge in [-0.3, -0.25) is 4.79 Å². The van der Waals surface area contributed by atoms with Crippen LogP contribution in [0.4, 0.5) is 5.82 Å². The van der Waals surface area contributed by atoms with E-state index in [9.17, 15) is 4.79 Å². The summed E-state index contributed by atoms with van der Waals surface area (Å²) in [5, 5.41) is 12.0. The molecular weight excluding hydrogens is 376 g/mol. The van der Waals surface area contributed by atoms with Crippen LogP contribution >= 0.6 is 0 Å². The molecule has 4 aromatic rings. The second-order valence-electron chi connectivity index (χ2n) is 7.82. The van der Waals surface area contributed by atoms with E-state index < -0.39 is 0 Å². The summed E-state index contributed by atoms with van der Waals surface area (Å²) in [6, 6.07) is 17.4. The molecule has 1 aliphatic carbocycles. The van der Waals surface area contributed by atoms with Crippen molar-refractivity contribution < 1.29 is 4.79 Å². The Hall–Kier alpha value is -3.74. The van der Waals surface area contributed by atoms with Crippen LogP contribution in [0.2, 0.25) is 0 Å². The number of nitrogens with one attached hydrogen (secondary N) is 1. The molecule has 2 aromatic heterocycles. The number of hydrogen-bond donors (Lipinski definition) is 1. The van der Waals surface area contributed by atoms with Crippen LogP contribution in [0, 0.1) is 12.8 Å². The van der Waals surface area contributed by atoms with Crippen molar-refractivity contribution in [2.45, 2.75) is 26.2 Å². The summed E-state index contributed by atoms with van der Waals surface area (Å²) in [4.78, 5) is 17.0. The van der Waals surface area contributed by atoms with Gasteiger partial charge in [-0.2, -0.15) is 10.2 Å². The van der Waals surface area contributed by atoms with Gasteiger partial charge in [-0.25, -0.2) is 14.3 Å². The van der Waals surface area contributed by atoms with Crippen molar-refractivity contribution in [1.29, 1.82) is 0 Å². The summed E-state index contributed by atoms with van der Waals surface area (Å²) in [5.74, 6) is 1.61. The maximum absolute atomic E-state index is 13.0. The summed E-state index contributed by atoms with van der Waals surface area (Å²) in [7, 11) is 0. The van der Waals surface area contributed by atoms with Crippen LogP contribution in [0.3, 0.4) is 0 Å². The van der Waals surface area contributed by atoms with Crippen LogP contribution < -0.4 is 5.32 Å². The van der Waals surface area contributed by atoms with Gasteiger partial charge < -0.3 is 5.32 Å². The number of hydrogen-bond acceptors (Lipinski definition) is 4. The molecule has 7 heteroatoms. The number of para-hydroxylation sites is 1. The van der Waals surface area contributed by atoms with Crippen LogP contribution in [0.5, 0.6) is 0 Å². The van der Waals surface area contributed by atoms with Crippen molar-refractivity contribution in [3.8, 4) is 11.4 Å². The summed E-state index contributed by atoms with van der Waals surface area (Å²) in [6.45, 7) is 4.18. The molecular formula is C23H22N6O. The number of carbonyl (C=O) groups excluding carboxylic acids is 1. The minimum absolute atomic E-state index is 0.171. The second-order valence-corrected chi connectivity index (χ2v) is 7.82. The molecule has 1 saturated carbocycles. The van der Waals surface area contributed by atoms with E-state index in [0.717, 1.165) is 29.1 Å². The van der Waals surface area contributed by atoms with Gasteiger partial charge in [0.2, 0.25) is 0 Å². The standard InChI is InChI=1S/C23H22N6O/c1-15-11-19(15)20-12-22(29(27-20)18-6-4-3-5-7-18)26-23(30)17-8-9-21(16(2)10-17)28-14-24-13-25-28/h3-10,12-15,19H,11H2,1-2H3,(H,26,30)/t15-,19-/m0/s1. The molecule has 2 atom stereocenters. The summed E-state index contributed by atoms with van der Waals surface area (Å²) in [5.41, 5.74) is 4.36. The number of aromatic nitrogens is 5. The highest BCUT2D eigenvalue weighted by molar-refractivity contribution is 6.04. The van der Waals surface area contributed by atoms with Crippen molar-refractivity contribution in [2.24, 2.45) is 5.92 Å². The lowest BCUT2D eigenvalue weighted by molar-refractivity contribution is 0.102. The Bertz CT molecular complexity index is 1200. The fourth-order valence-corrected chi connectivity index (χ4v) is 3.74. The fraction of sp³-hybridized carbons (Fsp3) is 0.217. The van der Waals surface area contributed by atoms with Gasteiger partial charge in [-0.15, -0.1) is 0 Å². The highest BCUT2D eigenvalue weighted by atomic mass is 16.1. The predicted octanol–water partition coefficient (Wildman–Crippen LogP) is 4.14. The molecule has 150 valence electrons. The van der Waals surface area contributed by atoms with Gasteiger partial charge in [0.1, 0.15) is 18.5 Å². The minimum atomic E-state index is -0.171. The molecule has 5 rings (SSSR count). The topological polar surface area (TPSA) is 77.6 Å². The van der Waals surface area contributed by atoms with E-state index in [-0.39, 0.29) is 5.91 Å². The lowest BCUT2D eigenvalue weighted by atomic mass is 10.1. The predicted molar refractivity (Wildman–Crippen MR) is 114 cm³/mol. The van der Waals surface area contributed by atoms with Crippen LogP contribution in [0.25, 0.3) is 11.4 Å². The highest BCUT2D eigenvalue weighted by Crippen LogP contribution is 2.47. The van der Waals surface area contributed by atoms with Crippen LogP contribution in [-0.2, 0) is 0 Å². The minimum Gasteiger partial charge on any atom is -0.306 e. The summed E-state index contributed by atoms with van der Waals surface area (Å²) < 4.78 is 3.50. The first-order valence-electron chi connectivity index (χ1n) is 10.0. The summed E-state index contributed by atoms with van der Waals surface area (Å²) in [6.07, 6.45) is 4.27. The Balaban J connectivity index is 1.44. The third-order valence-corrected chi connectivity index (χ3v) is 5.58. The third-order valence-electron chi connectivity index (χ3n) is 5.58. The molecule has 0 bridgehead atoms. The first kappa shape index (κ1) is 18.3. The number of amides is 1. The number of benzene rings is 2.